The molecule has 0 saturated carbocycles. The molecule has 0 radical (unpaired) electrons. The molecule has 13 heteroatoms. The summed E-state index contributed by atoms with van der Waals surface area (Å²) < 4.78 is 0. The zero-order valence-corrected chi connectivity index (χ0v) is 21.6. The quantitative estimate of drug-likeness (QED) is 0.148. The summed E-state index contributed by atoms with van der Waals surface area (Å²) in [4.78, 5) is 64.8. The van der Waals surface area contributed by atoms with Crippen LogP contribution in [-0.4, -0.2) is 75.1 Å². The lowest BCUT2D eigenvalue weighted by Gasteiger charge is -2.27. The molecule has 0 aliphatic carbocycles. The molecular weight excluding hydrogens is 496 g/mol. The summed E-state index contributed by atoms with van der Waals surface area (Å²) in [5, 5.41) is 27.4. The maximum absolute atomic E-state index is 13.3. The van der Waals surface area contributed by atoms with Crippen LogP contribution in [0.4, 0.5) is 0 Å². The number of fused-ring (bicyclic) bond motifs is 1. The lowest BCUT2D eigenvalue weighted by molar-refractivity contribution is -0.142. The molecule has 0 saturated heterocycles. The average molecular weight is 533 g/mol. The van der Waals surface area contributed by atoms with Gasteiger partial charge < -0.3 is 42.6 Å². The van der Waals surface area contributed by atoms with Crippen molar-refractivity contribution in [1.29, 1.82) is 0 Å². The summed E-state index contributed by atoms with van der Waals surface area (Å²) in [6.45, 7) is 4.70. The number of hydrogen-bond donors (Lipinski definition) is 8. The molecule has 1 aromatic carbocycles. The summed E-state index contributed by atoms with van der Waals surface area (Å²) in [7, 11) is 0. The number of aromatic amines is 1. The Balaban J connectivity index is 2.32. The molecule has 10 N–H and O–H groups in total. The Labute approximate surface area is 219 Å². The highest BCUT2D eigenvalue weighted by molar-refractivity contribution is 5.95. The van der Waals surface area contributed by atoms with Gasteiger partial charge in [-0.25, -0.2) is 4.79 Å². The number of primary amides is 1. The van der Waals surface area contributed by atoms with Crippen molar-refractivity contribution in [3.05, 3.63) is 36.0 Å². The van der Waals surface area contributed by atoms with E-state index in [1.165, 1.54) is 6.92 Å². The molecule has 2 aromatic rings. The highest BCUT2D eigenvalue weighted by atomic mass is 16.4. The number of nitrogens with two attached hydrogens (primary N) is 2. The van der Waals surface area contributed by atoms with Gasteiger partial charge in [0.15, 0.2) is 0 Å². The largest absolute Gasteiger partial charge is 0.480 e. The molecular formula is C25H36N6O7. The number of benzene rings is 1. The second kappa shape index (κ2) is 13.5. The Morgan fingerprint density at radius 3 is 2.16 bits per heavy atom. The van der Waals surface area contributed by atoms with Gasteiger partial charge in [-0.05, 0) is 30.9 Å². The third kappa shape index (κ3) is 8.28. The molecule has 0 aliphatic rings. The van der Waals surface area contributed by atoms with Crippen molar-refractivity contribution in [3.8, 4) is 0 Å². The zero-order valence-electron chi connectivity index (χ0n) is 21.6. The first-order valence-corrected chi connectivity index (χ1v) is 12.2. The molecule has 0 aliphatic heterocycles. The fourth-order valence-electron chi connectivity index (χ4n) is 3.81. The maximum Gasteiger partial charge on any atom is 0.326 e. The van der Waals surface area contributed by atoms with Gasteiger partial charge in [-0.1, -0.05) is 32.0 Å². The Bertz CT molecular complexity index is 1160. The van der Waals surface area contributed by atoms with E-state index >= 15 is 0 Å². The van der Waals surface area contributed by atoms with Crippen molar-refractivity contribution in [2.24, 2.45) is 17.4 Å². The predicted molar refractivity (Wildman–Crippen MR) is 138 cm³/mol. The van der Waals surface area contributed by atoms with Crippen molar-refractivity contribution in [2.75, 3.05) is 0 Å². The highest BCUT2D eigenvalue weighted by Crippen LogP contribution is 2.19. The zero-order chi connectivity index (χ0) is 28.6. The van der Waals surface area contributed by atoms with Gasteiger partial charge in [-0.2, -0.15) is 0 Å². The number of aliphatic hydroxyl groups excluding tert-OH is 1. The molecule has 5 atom stereocenters. The van der Waals surface area contributed by atoms with Crippen LogP contribution in [0, 0.1) is 5.92 Å². The standard InChI is InChI=1S/C25H36N6O7/c1-12(2)21(31-23(35)20(27)13(3)32)24(36)30-18(10-14-11-28-16-7-5-4-6-15(14)16)22(34)29-17(25(37)38)8-9-19(26)33/h4-7,11-13,17-18,20-21,28,32H,8-10,27H2,1-3H3,(H2,26,33)(H,29,34)(H,30,36)(H,31,35)(H,37,38). The van der Waals surface area contributed by atoms with Crippen LogP contribution in [-0.2, 0) is 30.4 Å². The number of carbonyl (C=O) groups excluding carboxylic acids is 4. The van der Waals surface area contributed by atoms with Gasteiger partial charge in [0.1, 0.15) is 24.2 Å². The van der Waals surface area contributed by atoms with E-state index in [2.05, 4.69) is 20.9 Å². The van der Waals surface area contributed by atoms with Gasteiger partial charge in [0.2, 0.25) is 23.6 Å². The molecule has 208 valence electrons. The Morgan fingerprint density at radius 1 is 0.947 bits per heavy atom. The molecule has 0 fully saturated rings. The minimum atomic E-state index is -1.41. The lowest BCUT2D eigenvalue weighted by Crippen LogP contribution is -2.59. The number of aliphatic carboxylic acids is 1. The van der Waals surface area contributed by atoms with Gasteiger partial charge in [0.05, 0.1) is 6.10 Å². The number of amides is 4. The summed E-state index contributed by atoms with van der Waals surface area (Å²) in [6, 6.07) is 2.30. The number of rotatable bonds is 14. The Hall–Kier alpha value is -3.97. The normalized spacial score (nSPS) is 15.2. The molecule has 0 bridgehead atoms. The van der Waals surface area contributed by atoms with Crippen LogP contribution < -0.4 is 27.4 Å². The van der Waals surface area contributed by atoms with E-state index in [9.17, 15) is 34.2 Å². The molecule has 13 nitrogen and oxygen atoms in total. The highest BCUT2D eigenvalue weighted by Gasteiger charge is 2.33. The number of hydrogen-bond acceptors (Lipinski definition) is 7. The van der Waals surface area contributed by atoms with Crippen molar-refractivity contribution < 1.29 is 34.2 Å². The van der Waals surface area contributed by atoms with E-state index in [0.717, 1.165) is 10.9 Å². The SMILES string of the molecule is CC(C)C(NC(=O)C(N)C(C)O)C(=O)NC(Cc1c[nH]c2ccccc12)C(=O)NC(CCC(N)=O)C(=O)O. The number of para-hydroxylation sites is 1. The van der Waals surface area contributed by atoms with E-state index in [4.69, 9.17) is 11.5 Å². The van der Waals surface area contributed by atoms with Crippen molar-refractivity contribution in [3.63, 3.8) is 0 Å². The number of nitrogens with one attached hydrogen (secondary N) is 4. The first kappa shape index (κ1) is 30.3. The molecule has 38 heavy (non-hydrogen) atoms. The second-order valence-electron chi connectivity index (χ2n) is 9.53. The smallest absolute Gasteiger partial charge is 0.326 e. The summed E-state index contributed by atoms with van der Waals surface area (Å²) in [5.41, 5.74) is 12.3. The maximum atomic E-state index is 13.3. The van der Waals surface area contributed by atoms with E-state index in [1.807, 2.05) is 24.3 Å². The molecule has 4 amide bonds. The van der Waals surface area contributed by atoms with E-state index in [1.54, 1.807) is 20.0 Å². The van der Waals surface area contributed by atoms with Crippen LogP contribution in [0.5, 0.6) is 0 Å². The number of carbonyl (C=O) groups is 5. The molecule has 5 unspecified atom stereocenters. The van der Waals surface area contributed by atoms with E-state index in [0.29, 0.717) is 5.56 Å². The fourth-order valence-corrected chi connectivity index (χ4v) is 3.81. The number of aromatic nitrogens is 1. The van der Waals surface area contributed by atoms with Gasteiger partial charge in [-0.15, -0.1) is 0 Å². The first-order valence-electron chi connectivity index (χ1n) is 12.2. The van der Waals surface area contributed by atoms with Crippen LogP contribution >= 0.6 is 0 Å². The van der Waals surface area contributed by atoms with Gasteiger partial charge >= 0.3 is 5.97 Å². The van der Waals surface area contributed by atoms with E-state index in [-0.39, 0.29) is 19.3 Å². The first-order chi connectivity index (χ1) is 17.8. The third-order valence-corrected chi connectivity index (χ3v) is 6.10. The Morgan fingerprint density at radius 2 is 1.58 bits per heavy atom. The van der Waals surface area contributed by atoms with Crippen LogP contribution in [0.15, 0.2) is 30.5 Å². The lowest BCUT2D eigenvalue weighted by atomic mass is 9.99. The van der Waals surface area contributed by atoms with Gasteiger partial charge in [0.25, 0.3) is 0 Å². The topological polar surface area (TPSA) is 230 Å². The van der Waals surface area contributed by atoms with E-state index < -0.39 is 65.8 Å². The van der Waals surface area contributed by atoms with Crippen molar-refractivity contribution in [1.82, 2.24) is 20.9 Å². The van der Waals surface area contributed by atoms with Crippen molar-refractivity contribution >= 4 is 40.5 Å². The monoisotopic (exact) mass is 532 g/mol. The molecule has 2 rings (SSSR count). The number of carboxylic acids is 1. The minimum absolute atomic E-state index is 0.00427. The molecule has 1 aromatic heterocycles. The Kier molecular flexibility index (Phi) is 10.8. The van der Waals surface area contributed by atoms with Crippen LogP contribution in [0.2, 0.25) is 0 Å². The number of aliphatic hydroxyl groups is 1. The molecule has 1 heterocycles. The fraction of sp³-hybridized carbons (Fsp3) is 0.480. The van der Waals surface area contributed by atoms with Crippen LogP contribution in [0.3, 0.4) is 0 Å². The minimum Gasteiger partial charge on any atom is -0.480 e. The van der Waals surface area contributed by atoms with Crippen molar-refractivity contribution in [2.45, 2.75) is 70.3 Å². The summed E-state index contributed by atoms with van der Waals surface area (Å²) >= 11 is 0. The average Bonchev–Trinajstić information content (AvgIpc) is 3.25. The number of carboxylic acid groups (broad SMARTS) is 1. The van der Waals surface area contributed by atoms with Gasteiger partial charge in [-0.3, -0.25) is 19.2 Å². The third-order valence-electron chi connectivity index (χ3n) is 6.10. The predicted octanol–water partition coefficient (Wildman–Crippen LogP) is -1.12. The van der Waals surface area contributed by atoms with Crippen LogP contribution in [0.25, 0.3) is 10.9 Å². The summed E-state index contributed by atoms with van der Waals surface area (Å²) in [5.74, 6) is -4.75. The van der Waals surface area contributed by atoms with Gasteiger partial charge in [0, 0.05) is 29.9 Å². The number of H-pyrrole nitrogens is 1. The summed E-state index contributed by atoms with van der Waals surface area (Å²) in [6.07, 6.45) is 0.0331. The van der Waals surface area contributed by atoms with Crippen LogP contribution in [0.1, 0.15) is 39.2 Å². The second-order valence-corrected chi connectivity index (χ2v) is 9.53. The molecule has 0 spiro atoms.